The zero-order chi connectivity index (χ0) is 21.2. The fourth-order valence-corrected chi connectivity index (χ4v) is 3.58. The van der Waals surface area contributed by atoms with Gasteiger partial charge >= 0.3 is 0 Å². The fraction of sp³-hybridized carbons (Fsp3) is 0.286. The summed E-state index contributed by atoms with van der Waals surface area (Å²) in [7, 11) is 0. The SMILES string of the molecule is CC(=O)CSC1=NN=C(c2cc(-c3ccc(C(C)(C)O)cc3)cc([N+](=O)[O-])c2)C1. The summed E-state index contributed by atoms with van der Waals surface area (Å²) < 4.78 is 0. The molecule has 0 saturated heterocycles. The number of nitro groups is 1. The zero-order valence-corrected chi connectivity index (χ0v) is 17.2. The highest BCUT2D eigenvalue weighted by atomic mass is 32.2. The van der Waals surface area contributed by atoms with Gasteiger partial charge in [-0.2, -0.15) is 5.10 Å². The predicted molar refractivity (Wildman–Crippen MR) is 116 cm³/mol. The van der Waals surface area contributed by atoms with Gasteiger partial charge in [-0.15, -0.1) is 16.9 Å². The Morgan fingerprint density at radius 2 is 1.79 bits per heavy atom. The van der Waals surface area contributed by atoms with E-state index in [0.717, 1.165) is 16.2 Å². The first-order valence-electron chi connectivity index (χ1n) is 9.02. The third-order valence-electron chi connectivity index (χ3n) is 4.43. The van der Waals surface area contributed by atoms with Crippen LogP contribution in [0.4, 0.5) is 5.69 Å². The smallest absolute Gasteiger partial charge is 0.270 e. The zero-order valence-electron chi connectivity index (χ0n) is 16.4. The van der Waals surface area contributed by atoms with Gasteiger partial charge in [-0.05, 0) is 43.5 Å². The van der Waals surface area contributed by atoms with Crippen LogP contribution in [0, 0.1) is 10.1 Å². The number of hydrogen-bond acceptors (Lipinski definition) is 7. The second kappa shape index (κ2) is 8.26. The number of nitrogens with zero attached hydrogens (tertiary/aromatic N) is 3. The summed E-state index contributed by atoms with van der Waals surface area (Å²) in [4.78, 5) is 22.2. The van der Waals surface area contributed by atoms with Crippen LogP contribution in [0.15, 0.2) is 52.7 Å². The maximum atomic E-state index is 11.4. The van der Waals surface area contributed by atoms with Crippen molar-refractivity contribution >= 4 is 34.0 Å². The molecule has 0 bridgehead atoms. The summed E-state index contributed by atoms with van der Waals surface area (Å²) in [5.74, 6) is 0.383. The minimum atomic E-state index is -0.962. The molecule has 150 valence electrons. The third-order valence-corrected chi connectivity index (χ3v) is 5.54. The number of hydrogen-bond donors (Lipinski definition) is 1. The van der Waals surface area contributed by atoms with Crippen LogP contribution in [0.25, 0.3) is 11.1 Å². The lowest BCUT2D eigenvalue weighted by Crippen LogP contribution is -2.14. The van der Waals surface area contributed by atoms with E-state index in [0.29, 0.717) is 29.0 Å². The van der Waals surface area contributed by atoms with Crippen LogP contribution in [-0.2, 0) is 10.4 Å². The van der Waals surface area contributed by atoms with E-state index in [1.165, 1.54) is 30.8 Å². The molecule has 2 aromatic carbocycles. The number of benzene rings is 2. The summed E-state index contributed by atoms with van der Waals surface area (Å²) in [6.07, 6.45) is 0.441. The van der Waals surface area contributed by atoms with E-state index in [4.69, 9.17) is 0 Å². The number of carbonyl (C=O) groups excluding carboxylic acids is 1. The van der Waals surface area contributed by atoms with Gasteiger partial charge in [0.25, 0.3) is 5.69 Å². The van der Waals surface area contributed by atoms with Gasteiger partial charge in [-0.25, -0.2) is 0 Å². The molecule has 8 heteroatoms. The van der Waals surface area contributed by atoms with Crippen molar-refractivity contribution in [2.24, 2.45) is 10.2 Å². The van der Waals surface area contributed by atoms with Gasteiger partial charge in [0.05, 0.1) is 22.0 Å². The molecule has 3 rings (SSSR count). The molecule has 7 nitrogen and oxygen atoms in total. The maximum absolute atomic E-state index is 11.4. The number of carbonyl (C=O) groups is 1. The van der Waals surface area contributed by atoms with Gasteiger partial charge in [-0.1, -0.05) is 24.3 Å². The summed E-state index contributed by atoms with van der Waals surface area (Å²) in [6, 6.07) is 12.1. The number of non-ortho nitro benzene ring substituents is 1. The van der Waals surface area contributed by atoms with E-state index < -0.39 is 10.5 Å². The Kier molecular flexibility index (Phi) is 5.95. The summed E-state index contributed by atoms with van der Waals surface area (Å²) >= 11 is 1.33. The summed E-state index contributed by atoms with van der Waals surface area (Å²) in [6.45, 7) is 4.92. The molecular formula is C21H21N3O4S. The number of rotatable bonds is 6. The van der Waals surface area contributed by atoms with Gasteiger partial charge < -0.3 is 5.11 Å². The van der Waals surface area contributed by atoms with Gasteiger partial charge in [0, 0.05) is 24.1 Å². The first-order chi connectivity index (χ1) is 13.6. The van der Waals surface area contributed by atoms with Crippen LogP contribution in [0.3, 0.4) is 0 Å². The third kappa shape index (κ3) is 5.16. The summed E-state index contributed by atoms with van der Waals surface area (Å²) in [5.41, 5.74) is 2.51. The normalized spacial score (nSPS) is 13.8. The Morgan fingerprint density at radius 1 is 1.14 bits per heavy atom. The number of aliphatic hydroxyl groups is 1. The van der Waals surface area contributed by atoms with Crippen LogP contribution in [0.1, 0.15) is 38.3 Å². The molecule has 0 spiro atoms. The van der Waals surface area contributed by atoms with Crippen LogP contribution >= 0.6 is 11.8 Å². The molecular weight excluding hydrogens is 390 g/mol. The number of thioether (sulfide) groups is 1. The largest absolute Gasteiger partial charge is 0.386 e. The molecule has 1 heterocycles. The molecule has 0 atom stereocenters. The highest BCUT2D eigenvalue weighted by Crippen LogP contribution is 2.30. The summed E-state index contributed by atoms with van der Waals surface area (Å²) in [5, 5.41) is 30.5. The average Bonchev–Trinajstić information content (AvgIpc) is 3.14. The molecule has 0 aliphatic carbocycles. The van der Waals surface area contributed by atoms with E-state index >= 15 is 0 Å². The fourth-order valence-electron chi connectivity index (χ4n) is 2.88. The average molecular weight is 411 g/mol. The van der Waals surface area contributed by atoms with Crippen LogP contribution < -0.4 is 0 Å². The van der Waals surface area contributed by atoms with Crippen LogP contribution in [0.5, 0.6) is 0 Å². The first-order valence-corrected chi connectivity index (χ1v) is 10.0. The molecule has 0 amide bonds. The lowest BCUT2D eigenvalue weighted by molar-refractivity contribution is -0.384. The van der Waals surface area contributed by atoms with E-state index in [1.54, 1.807) is 26.0 Å². The standard InChI is InChI=1S/C21H21N3O4S/c1-13(25)12-29-20-11-19(22-23-20)16-8-15(9-18(10-16)24(27)28)14-4-6-17(7-5-14)21(2,3)26/h4-10,26H,11-12H2,1-3H3. The van der Waals surface area contributed by atoms with E-state index in [2.05, 4.69) is 10.2 Å². The molecule has 29 heavy (non-hydrogen) atoms. The van der Waals surface area contributed by atoms with Gasteiger partial charge in [0.2, 0.25) is 0 Å². The topological polar surface area (TPSA) is 105 Å². The lowest BCUT2D eigenvalue weighted by atomic mass is 9.94. The Morgan fingerprint density at radius 3 is 2.38 bits per heavy atom. The Hall–Kier alpha value is -2.84. The van der Waals surface area contributed by atoms with Crippen molar-refractivity contribution in [3.63, 3.8) is 0 Å². The van der Waals surface area contributed by atoms with Gasteiger partial charge in [0.15, 0.2) is 0 Å². The van der Waals surface area contributed by atoms with Gasteiger partial charge in [0.1, 0.15) is 10.8 Å². The quantitative estimate of drug-likeness (QED) is 0.563. The monoisotopic (exact) mass is 411 g/mol. The Labute approximate surface area is 172 Å². The second-order valence-corrected chi connectivity index (χ2v) is 8.42. The molecule has 1 aliphatic heterocycles. The predicted octanol–water partition coefficient (Wildman–Crippen LogP) is 4.32. The Balaban J connectivity index is 1.90. The minimum Gasteiger partial charge on any atom is -0.386 e. The highest BCUT2D eigenvalue weighted by molar-refractivity contribution is 8.14. The molecule has 0 unspecified atom stereocenters. The number of Topliss-reactive ketones (excluding diaryl/α,β-unsaturated/α-hetero) is 1. The molecule has 0 fully saturated rings. The molecule has 0 aromatic heterocycles. The van der Waals surface area contributed by atoms with E-state index in [1.807, 2.05) is 18.2 Å². The van der Waals surface area contributed by atoms with Crippen molar-refractivity contribution in [1.82, 2.24) is 0 Å². The second-order valence-electron chi connectivity index (χ2n) is 7.37. The minimum absolute atomic E-state index is 0.0309. The molecule has 1 N–H and O–H groups in total. The van der Waals surface area contributed by atoms with Crippen LogP contribution in [-0.4, -0.2) is 32.3 Å². The van der Waals surface area contributed by atoms with E-state index in [-0.39, 0.29) is 11.5 Å². The van der Waals surface area contributed by atoms with Crippen molar-refractivity contribution in [2.45, 2.75) is 32.8 Å². The van der Waals surface area contributed by atoms with Crippen molar-refractivity contribution in [3.05, 3.63) is 63.7 Å². The molecule has 0 saturated carbocycles. The van der Waals surface area contributed by atoms with Crippen molar-refractivity contribution in [2.75, 3.05) is 5.75 Å². The van der Waals surface area contributed by atoms with Crippen LogP contribution in [0.2, 0.25) is 0 Å². The van der Waals surface area contributed by atoms with E-state index in [9.17, 15) is 20.0 Å². The number of ketones is 1. The molecule has 1 aliphatic rings. The molecule has 0 radical (unpaired) electrons. The van der Waals surface area contributed by atoms with Gasteiger partial charge in [-0.3, -0.25) is 14.9 Å². The Bertz CT molecular complexity index is 1020. The van der Waals surface area contributed by atoms with Crippen molar-refractivity contribution in [1.29, 1.82) is 0 Å². The highest BCUT2D eigenvalue weighted by Gasteiger charge is 2.20. The maximum Gasteiger partial charge on any atom is 0.270 e. The molecule has 2 aromatic rings. The number of nitro benzene ring substituents is 1. The lowest BCUT2D eigenvalue weighted by Gasteiger charge is -2.18. The van der Waals surface area contributed by atoms with Crippen molar-refractivity contribution in [3.8, 4) is 11.1 Å². The first kappa shape index (κ1) is 20.9. The van der Waals surface area contributed by atoms with Crippen molar-refractivity contribution < 1.29 is 14.8 Å².